The van der Waals surface area contributed by atoms with E-state index < -0.39 is 12.0 Å². The molecule has 9 heteroatoms. The first-order valence-electron chi connectivity index (χ1n) is 10.0. The second kappa shape index (κ2) is 9.30. The van der Waals surface area contributed by atoms with Gasteiger partial charge >= 0.3 is 0 Å². The molecule has 0 aliphatic carbocycles. The van der Waals surface area contributed by atoms with Crippen molar-refractivity contribution in [1.82, 2.24) is 10.1 Å². The molecule has 1 aliphatic rings. The molecule has 32 heavy (non-hydrogen) atoms. The van der Waals surface area contributed by atoms with E-state index in [1.807, 2.05) is 43.3 Å². The Morgan fingerprint density at radius 2 is 2.16 bits per heavy atom. The van der Waals surface area contributed by atoms with Gasteiger partial charge in [0.05, 0.1) is 29.3 Å². The van der Waals surface area contributed by atoms with Gasteiger partial charge in [0, 0.05) is 22.2 Å². The first-order valence-corrected chi connectivity index (χ1v) is 11.8. The number of nitrogens with zero attached hydrogens (tertiary/aromatic N) is 4. The van der Waals surface area contributed by atoms with Crippen molar-refractivity contribution >= 4 is 39.3 Å². The number of hydrogen-bond donors (Lipinski definition) is 0. The van der Waals surface area contributed by atoms with Gasteiger partial charge in [-0.3, -0.25) is 4.79 Å². The van der Waals surface area contributed by atoms with Gasteiger partial charge in [0.2, 0.25) is 5.91 Å². The lowest BCUT2D eigenvalue weighted by Crippen LogP contribution is -2.58. The molecule has 4 rings (SSSR count). The molecule has 0 spiro atoms. The summed E-state index contributed by atoms with van der Waals surface area (Å²) in [5, 5.41) is 18.2. The molecule has 1 amide bonds. The average Bonchev–Trinajstić information content (AvgIpc) is 2.78. The van der Waals surface area contributed by atoms with Crippen molar-refractivity contribution in [1.29, 1.82) is 0 Å². The van der Waals surface area contributed by atoms with E-state index in [1.165, 1.54) is 18.7 Å². The molecular formula is C23H21BrN4O3S. The number of ether oxygens (including phenoxy) is 1. The van der Waals surface area contributed by atoms with Crippen molar-refractivity contribution in [2.24, 2.45) is 0 Å². The van der Waals surface area contributed by atoms with E-state index in [9.17, 15) is 9.90 Å². The number of thioether (sulfide) groups is 1. The molecule has 1 unspecified atom stereocenters. The van der Waals surface area contributed by atoms with Crippen molar-refractivity contribution < 1.29 is 19.3 Å². The number of carbonyl (C=O) groups excluding carboxylic acids is 1. The number of aromatic nitrogens is 3. The summed E-state index contributed by atoms with van der Waals surface area (Å²) >= 11 is 4.93. The zero-order valence-electron chi connectivity index (χ0n) is 17.6. The number of amides is 1. The third kappa shape index (κ3) is 3.98. The van der Waals surface area contributed by atoms with Crippen LogP contribution < -0.4 is 19.4 Å². The van der Waals surface area contributed by atoms with E-state index in [1.54, 1.807) is 21.7 Å². The van der Waals surface area contributed by atoms with Crippen molar-refractivity contribution in [3.8, 4) is 22.9 Å². The smallest absolute Gasteiger partial charge is 0.294 e. The van der Waals surface area contributed by atoms with E-state index in [4.69, 9.17) is 4.74 Å². The fraction of sp³-hybridized carbons (Fsp3) is 0.217. The van der Waals surface area contributed by atoms with E-state index in [-0.39, 0.29) is 5.91 Å². The van der Waals surface area contributed by atoms with Crippen LogP contribution in [0.25, 0.3) is 11.3 Å². The van der Waals surface area contributed by atoms with Crippen LogP contribution in [-0.2, 0) is 4.79 Å². The van der Waals surface area contributed by atoms with E-state index in [0.717, 1.165) is 10.0 Å². The highest BCUT2D eigenvalue weighted by atomic mass is 79.9. The Labute approximate surface area is 198 Å². The van der Waals surface area contributed by atoms with Crippen LogP contribution in [0.15, 0.2) is 64.7 Å². The number of hydrogen-bond acceptors (Lipinski definition) is 6. The predicted molar refractivity (Wildman–Crippen MR) is 125 cm³/mol. The van der Waals surface area contributed by atoms with E-state index >= 15 is 0 Å². The minimum atomic E-state index is -0.703. The van der Waals surface area contributed by atoms with Crippen LogP contribution in [-0.4, -0.2) is 28.3 Å². The Kier molecular flexibility index (Phi) is 6.48. The zero-order chi connectivity index (χ0) is 22.8. The molecule has 7 nitrogen and oxygen atoms in total. The topological polar surface area (TPSA) is 82.3 Å². The Morgan fingerprint density at radius 3 is 2.88 bits per heavy atom. The van der Waals surface area contributed by atoms with Gasteiger partial charge in [0.1, 0.15) is 5.75 Å². The highest BCUT2D eigenvalue weighted by Crippen LogP contribution is 2.42. The lowest BCUT2D eigenvalue weighted by atomic mass is 10.0. The van der Waals surface area contributed by atoms with Crippen LogP contribution in [0.2, 0.25) is 0 Å². The molecule has 0 saturated carbocycles. The molecular weight excluding hydrogens is 492 g/mol. The second-order valence-electron chi connectivity index (χ2n) is 6.99. The summed E-state index contributed by atoms with van der Waals surface area (Å²) in [4.78, 5) is 18.8. The third-order valence-corrected chi connectivity index (χ3v) is 6.50. The Morgan fingerprint density at radius 1 is 1.38 bits per heavy atom. The predicted octanol–water partition coefficient (Wildman–Crippen LogP) is 3.86. The largest absolute Gasteiger partial charge is 0.854 e. The summed E-state index contributed by atoms with van der Waals surface area (Å²) in [5.74, 6) is 0.637. The average molecular weight is 513 g/mol. The summed E-state index contributed by atoms with van der Waals surface area (Å²) in [6, 6.07) is 12.9. The Bertz CT molecular complexity index is 1200. The minimum Gasteiger partial charge on any atom is -0.854 e. The van der Waals surface area contributed by atoms with Gasteiger partial charge in [-0.25, -0.2) is 9.88 Å². The number of fused-ring (bicyclic) bond motifs is 3. The van der Waals surface area contributed by atoms with Crippen LogP contribution in [0, 0.1) is 0 Å². The summed E-state index contributed by atoms with van der Waals surface area (Å²) in [7, 11) is 0. The maximum absolute atomic E-state index is 13.2. The number of carbonyl (C=O) groups is 1. The molecule has 0 fully saturated rings. The molecule has 0 radical (unpaired) electrons. The lowest BCUT2D eigenvalue weighted by Gasteiger charge is -2.33. The van der Waals surface area contributed by atoms with Crippen LogP contribution in [0.5, 0.6) is 11.6 Å². The Hall–Kier alpha value is -2.91. The molecule has 2 aromatic carbocycles. The second-order valence-corrected chi connectivity index (χ2v) is 8.83. The minimum absolute atomic E-state index is 0.180. The monoisotopic (exact) mass is 512 g/mol. The normalized spacial score (nSPS) is 14.5. The highest BCUT2D eigenvalue weighted by molar-refractivity contribution is 9.10. The summed E-state index contributed by atoms with van der Waals surface area (Å²) in [6.45, 7) is 7.63. The molecule has 3 aromatic rings. The van der Waals surface area contributed by atoms with Gasteiger partial charge in [0.15, 0.2) is 0 Å². The molecule has 0 N–H and O–H groups in total. The first kappa shape index (κ1) is 22.3. The number of para-hydroxylation sites is 1. The number of benzene rings is 2. The van der Waals surface area contributed by atoms with Gasteiger partial charge in [0.25, 0.3) is 17.0 Å². The number of rotatable bonds is 6. The molecule has 164 valence electrons. The Balaban J connectivity index is 2.03. The zero-order valence-corrected chi connectivity index (χ0v) is 20.0. The van der Waals surface area contributed by atoms with Crippen LogP contribution in [0.1, 0.15) is 25.6 Å². The molecule has 1 aliphatic heterocycles. The quantitative estimate of drug-likeness (QED) is 0.283. The molecule has 2 heterocycles. The van der Waals surface area contributed by atoms with Crippen LogP contribution in [0.4, 0.5) is 5.69 Å². The fourth-order valence-electron chi connectivity index (χ4n) is 3.73. The van der Waals surface area contributed by atoms with Crippen LogP contribution in [0.3, 0.4) is 0 Å². The van der Waals surface area contributed by atoms with Gasteiger partial charge in [-0.1, -0.05) is 50.6 Å². The fourth-order valence-corrected chi connectivity index (χ4v) is 4.74. The van der Waals surface area contributed by atoms with Gasteiger partial charge < -0.3 is 9.84 Å². The van der Waals surface area contributed by atoms with Crippen LogP contribution >= 0.6 is 27.7 Å². The van der Waals surface area contributed by atoms with E-state index in [2.05, 4.69) is 32.6 Å². The van der Waals surface area contributed by atoms with Gasteiger partial charge in [-0.2, -0.15) is 0 Å². The molecule has 0 saturated heterocycles. The maximum atomic E-state index is 13.2. The standard InChI is InChI=1S/C23H21BrN4O3S/c1-4-12-32-23-25-21(30)20-16-8-6-7-9-19(16)27(14(3)29)22(28(20)26-23)17-13-15(31-5-2)10-11-18(17)24/h4,6-11,13,22H,1,5,12H2,2-3H3. The van der Waals surface area contributed by atoms with Crippen molar-refractivity contribution in [3.05, 3.63) is 65.2 Å². The summed E-state index contributed by atoms with van der Waals surface area (Å²) < 4.78 is 8.07. The molecule has 0 bridgehead atoms. The highest BCUT2D eigenvalue weighted by Gasteiger charge is 2.44. The van der Waals surface area contributed by atoms with Crippen molar-refractivity contribution in [3.63, 3.8) is 0 Å². The van der Waals surface area contributed by atoms with Crippen molar-refractivity contribution in [2.45, 2.75) is 25.2 Å². The van der Waals surface area contributed by atoms with Crippen molar-refractivity contribution in [2.75, 3.05) is 17.3 Å². The SMILES string of the molecule is C=CCSc1nc([O-])c2[n+](n1)C(c1cc(OCC)ccc1Br)N(C(C)=O)c1ccccc1-2. The summed E-state index contributed by atoms with van der Waals surface area (Å²) in [5.41, 5.74) is 2.32. The van der Waals surface area contributed by atoms with Gasteiger partial charge in [-0.15, -0.1) is 6.58 Å². The van der Waals surface area contributed by atoms with E-state index in [0.29, 0.717) is 40.2 Å². The van der Waals surface area contributed by atoms with Gasteiger partial charge in [-0.05, 0) is 37.3 Å². The maximum Gasteiger partial charge on any atom is 0.294 e. The first-order chi connectivity index (χ1) is 15.5. The number of anilines is 1. The third-order valence-electron chi connectivity index (χ3n) is 4.94. The molecule has 1 atom stereocenters. The lowest BCUT2D eigenvalue weighted by molar-refractivity contribution is -0.764. The molecule has 1 aromatic heterocycles. The summed E-state index contributed by atoms with van der Waals surface area (Å²) in [6.07, 6.45) is 1.02. The number of halogens is 1.